The Morgan fingerprint density at radius 3 is 2.30 bits per heavy atom. The smallest absolute Gasteiger partial charge is 0.223 e. The van der Waals surface area contributed by atoms with E-state index in [1.54, 1.807) is 0 Å². The van der Waals surface area contributed by atoms with Gasteiger partial charge in [-0.15, -0.1) is 10.2 Å². The molecule has 0 unspecified atom stereocenters. The van der Waals surface area contributed by atoms with E-state index in [0.717, 1.165) is 0 Å². The van der Waals surface area contributed by atoms with Gasteiger partial charge in [0.2, 0.25) is 4.34 Å². The minimum Gasteiger partial charge on any atom is -0.223 e. The van der Waals surface area contributed by atoms with Crippen LogP contribution >= 0.6 is 11.3 Å². The van der Waals surface area contributed by atoms with Gasteiger partial charge in [0.25, 0.3) is 15.3 Å². The number of nitrogens with zero attached hydrogens (tertiary/aromatic N) is 2. The maximum Gasteiger partial charge on any atom is 0.290 e. The van der Waals surface area contributed by atoms with Crippen LogP contribution in [0.3, 0.4) is 0 Å². The zero-order valence-electron chi connectivity index (χ0n) is 4.48. The number of halogens is 1. The van der Waals surface area contributed by atoms with Gasteiger partial charge in [-0.2, -0.15) is 4.39 Å². The molecular formula is C2H2FN3O2S2. The fourth-order valence-electron chi connectivity index (χ4n) is 0.308. The number of primary sulfonamides is 1. The minimum absolute atomic E-state index is 0.293. The van der Waals surface area contributed by atoms with Crippen molar-refractivity contribution in [1.29, 1.82) is 0 Å². The summed E-state index contributed by atoms with van der Waals surface area (Å²) in [4.78, 5) is 0. The lowest BCUT2D eigenvalue weighted by Crippen LogP contribution is -2.11. The molecule has 0 aliphatic rings. The van der Waals surface area contributed by atoms with Gasteiger partial charge in [0.05, 0.1) is 0 Å². The van der Waals surface area contributed by atoms with Gasteiger partial charge in [0.15, 0.2) is 0 Å². The predicted molar refractivity (Wildman–Crippen MR) is 31.2 cm³/mol. The minimum atomic E-state index is -3.88. The normalized spacial score (nSPS) is 11.8. The highest BCUT2D eigenvalue weighted by atomic mass is 32.2. The topological polar surface area (TPSA) is 85.9 Å². The average molecular weight is 183 g/mol. The lowest BCUT2D eigenvalue weighted by molar-refractivity contribution is 0.589. The van der Waals surface area contributed by atoms with E-state index in [0.29, 0.717) is 11.3 Å². The first kappa shape index (κ1) is 7.51. The van der Waals surface area contributed by atoms with Crippen molar-refractivity contribution in [3.8, 4) is 0 Å². The van der Waals surface area contributed by atoms with Crippen LogP contribution in [-0.4, -0.2) is 18.6 Å². The first-order valence-electron chi connectivity index (χ1n) is 2.02. The molecule has 0 atom stereocenters. The molecule has 56 valence electrons. The number of nitrogens with two attached hydrogens (primary N) is 1. The Hall–Kier alpha value is -0.600. The van der Waals surface area contributed by atoms with E-state index in [2.05, 4.69) is 15.3 Å². The second-order valence-corrected chi connectivity index (χ2v) is 4.03. The van der Waals surface area contributed by atoms with Crippen LogP contribution in [0.15, 0.2) is 4.34 Å². The maximum absolute atomic E-state index is 12.0. The van der Waals surface area contributed by atoms with Gasteiger partial charge in [-0.05, 0) is 0 Å². The summed E-state index contributed by atoms with van der Waals surface area (Å²) in [6.07, 6.45) is 0. The molecule has 1 aromatic heterocycles. The Bertz CT molecular complexity index is 330. The number of hydrogen-bond acceptors (Lipinski definition) is 5. The molecule has 1 heterocycles. The molecule has 10 heavy (non-hydrogen) atoms. The SMILES string of the molecule is NS(=O)(=O)c1nnc(F)s1. The summed E-state index contributed by atoms with van der Waals surface area (Å²) in [5.41, 5.74) is 0. The highest BCUT2D eigenvalue weighted by molar-refractivity contribution is 7.91. The van der Waals surface area contributed by atoms with E-state index >= 15 is 0 Å². The average Bonchev–Trinajstić information content (AvgIpc) is 2.11. The highest BCUT2D eigenvalue weighted by Crippen LogP contribution is 2.10. The molecule has 5 nitrogen and oxygen atoms in total. The van der Waals surface area contributed by atoms with Crippen molar-refractivity contribution in [2.45, 2.75) is 4.34 Å². The van der Waals surface area contributed by atoms with Gasteiger partial charge >= 0.3 is 0 Å². The third-order valence-corrected chi connectivity index (χ3v) is 2.65. The molecule has 0 saturated carbocycles. The largest absolute Gasteiger partial charge is 0.290 e. The number of sulfonamides is 1. The van der Waals surface area contributed by atoms with Crippen LogP contribution in [0.2, 0.25) is 0 Å². The monoisotopic (exact) mass is 183 g/mol. The van der Waals surface area contributed by atoms with Crippen molar-refractivity contribution in [2.24, 2.45) is 5.14 Å². The van der Waals surface area contributed by atoms with Crippen LogP contribution in [-0.2, 0) is 10.0 Å². The molecule has 0 radical (unpaired) electrons. The fourth-order valence-corrected chi connectivity index (χ4v) is 1.44. The van der Waals surface area contributed by atoms with Gasteiger partial charge in [0, 0.05) is 0 Å². The molecule has 0 saturated heterocycles. The zero-order valence-corrected chi connectivity index (χ0v) is 6.12. The molecule has 0 bridgehead atoms. The van der Waals surface area contributed by atoms with E-state index in [4.69, 9.17) is 0 Å². The first-order valence-corrected chi connectivity index (χ1v) is 4.38. The summed E-state index contributed by atoms with van der Waals surface area (Å²) in [5, 5.41) is 9.46. The molecule has 0 amide bonds. The van der Waals surface area contributed by atoms with E-state index in [-0.39, 0.29) is 0 Å². The predicted octanol–water partition coefficient (Wildman–Crippen LogP) is -0.675. The van der Waals surface area contributed by atoms with Crippen molar-refractivity contribution >= 4 is 21.4 Å². The van der Waals surface area contributed by atoms with Gasteiger partial charge in [-0.1, -0.05) is 11.3 Å². The van der Waals surface area contributed by atoms with Crippen LogP contribution in [0.25, 0.3) is 0 Å². The Morgan fingerprint density at radius 1 is 1.50 bits per heavy atom. The maximum atomic E-state index is 12.0. The molecule has 2 N–H and O–H groups in total. The van der Waals surface area contributed by atoms with Crippen molar-refractivity contribution in [1.82, 2.24) is 10.2 Å². The summed E-state index contributed by atoms with van der Waals surface area (Å²) in [6.45, 7) is 0. The molecular weight excluding hydrogens is 181 g/mol. The van der Waals surface area contributed by atoms with Crippen LogP contribution in [0, 0.1) is 5.26 Å². The Labute approximate surface area is 59.7 Å². The first-order chi connectivity index (χ1) is 4.50. The summed E-state index contributed by atoms with van der Waals surface area (Å²) in [7, 11) is -3.88. The van der Waals surface area contributed by atoms with Crippen LogP contribution in [0.5, 0.6) is 0 Å². The molecule has 0 fully saturated rings. The molecule has 0 aromatic carbocycles. The molecule has 1 rings (SSSR count). The third kappa shape index (κ3) is 1.46. The molecule has 0 aliphatic carbocycles. The number of rotatable bonds is 1. The summed E-state index contributed by atoms with van der Waals surface area (Å²) in [6, 6.07) is 0. The van der Waals surface area contributed by atoms with Gasteiger partial charge in [-0.25, -0.2) is 13.6 Å². The second kappa shape index (κ2) is 2.22. The third-order valence-electron chi connectivity index (χ3n) is 0.625. The number of hydrogen-bond donors (Lipinski definition) is 1. The summed E-state index contributed by atoms with van der Waals surface area (Å²) in [5.74, 6) is 0. The Morgan fingerprint density at radius 2 is 2.10 bits per heavy atom. The van der Waals surface area contributed by atoms with E-state index in [1.165, 1.54) is 0 Å². The Balaban J connectivity index is 3.21. The summed E-state index contributed by atoms with van der Waals surface area (Å²) < 4.78 is 32.2. The van der Waals surface area contributed by atoms with Gasteiger partial charge in [0.1, 0.15) is 0 Å². The lowest BCUT2D eigenvalue weighted by Gasteiger charge is -1.83. The van der Waals surface area contributed by atoms with Crippen LogP contribution < -0.4 is 5.14 Å². The van der Waals surface area contributed by atoms with Crippen molar-refractivity contribution in [3.05, 3.63) is 5.26 Å². The van der Waals surface area contributed by atoms with Crippen LogP contribution in [0.4, 0.5) is 4.39 Å². The van der Waals surface area contributed by atoms with Gasteiger partial charge < -0.3 is 0 Å². The molecule has 8 heteroatoms. The van der Waals surface area contributed by atoms with Crippen molar-refractivity contribution in [3.63, 3.8) is 0 Å². The Kier molecular flexibility index (Phi) is 1.67. The standard InChI is InChI=1S/C2H2FN3O2S2/c3-1-5-6-2(9-1)10(4,7)8/h(H2,4,7,8). The second-order valence-electron chi connectivity index (χ2n) is 1.37. The van der Waals surface area contributed by atoms with Crippen molar-refractivity contribution in [2.75, 3.05) is 0 Å². The molecule has 0 aliphatic heterocycles. The summed E-state index contributed by atoms with van der Waals surface area (Å²) >= 11 is 0.293. The van der Waals surface area contributed by atoms with E-state index < -0.39 is 19.6 Å². The quantitative estimate of drug-likeness (QED) is 0.625. The van der Waals surface area contributed by atoms with E-state index in [1.807, 2.05) is 0 Å². The van der Waals surface area contributed by atoms with E-state index in [9.17, 15) is 12.8 Å². The van der Waals surface area contributed by atoms with Crippen LogP contribution in [0.1, 0.15) is 0 Å². The lowest BCUT2D eigenvalue weighted by atomic mass is 11.5. The highest BCUT2D eigenvalue weighted by Gasteiger charge is 2.14. The van der Waals surface area contributed by atoms with Gasteiger partial charge in [-0.3, -0.25) is 0 Å². The number of aromatic nitrogens is 2. The molecule has 1 aromatic rings. The zero-order chi connectivity index (χ0) is 7.78. The van der Waals surface area contributed by atoms with Crippen molar-refractivity contribution < 1.29 is 12.8 Å². The fraction of sp³-hybridized carbons (Fsp3) is 0. The molecule has 0 spiro atoms.